The minimum atomic E-state index is -1.23. The summed E-state index contributed by atoms with van der Waals surface area (Å²) >= 11 is 0. The third kappa shape index (κ3) is 3.01. The quantitative estimate of drug-likeness (QED) is 0.914. The SMILES string of the molecule is O=C(O)c1ccc(N2CCC(N3CCOCC3)C2)cc1F. The van der Waals surface area contributed by atoms with Crippen LogP contribution in [-0.2, 0) is 4.74 Å². The number of carboxylic acids is 1. The molecule has 3 rings (SSSR count). The normalized spacial score (nSPS) is 23.5. The highest BCUT2D eigenvalue weighted by Crippen LogP contribution is 2.25. The molecule has 2 fully saturated rings. The van der Waals surface area contributed by atoms with Crippen LogP contribution in [0.15, 0.2) is 18.2 Å². The smallest absolute Gasteiger partial charge is 0.338 e. The van der Waals surface area contributed by atoms with E-state index in [0.29, 0.717) is 6.04 Å². The van der Waals surface area contributed by atoms with Crippen LogP contribution >= 0.6 is 0 Å². The van der Waals surface area contributed by atoms with E-state index in [1.807, 2.05) is 0 Å². The third-order valence-corrected chi connectivity index (χ3v) is 4.27. The third-order valence-electron chi connectivity index (χ3n) is 4.27. The molecule has 1 atom stereocenters. The van der Waals surface area contributed by atoms with Crippen molar-refractivity contribution in [3.8, 4) is 0 Å². The van der Waals surface area contributed by atoms with Crippen LogP contribution in [-0.4, -0.2) is 61.4 Å². The number of rotatable bonds is 3. The molecule has 1 aromatic carbocycles. The van der Waals surface area contributed by atoms with Gasteiger partial charge in [0.15, 0.2) is 0 Å². The minimum Gasteiger partial charge on any atom is -0.478 e. The highest BCUT2D eigenvalue weighted by atomic mass is 19.1. The fourth-order valence-electron chi connectivity index (χ4n) is 3.09. The van der Waals surface area contributed by atoms with E-state index in [0.717, 1.165) is 51.5 Å². The number of carboxylic acid groups (broad SMARTS) is 1. The largest absolute Gasteiger partial charge is 0.478 e. The molecule has 1 aromatic rings. The van der Waals surface area contributed by atoms with Gasteiger partial charge in [-0.1, -0.05) is 0 Å². The fourth-order valence-corrected chi connectivity index (χ4v) is 3.09. The molecule has 5 nitrogen and oxygen atoms in total. The predicted octanol–water partition coefficient (Wildman–Crippen LogP) is 1.43. The number of hydrogen-bond acceptors (Lipinski definition) is 4. The van der Waals surface area contributed by atoms with Crippen molar-refractivity contribution in [2.24, 2.45) is 0 Å². The number of morpholine rings is 1. The number of aromatic carboxylic acids is 1. The summed E-state index contributed by atoms with van der Waals surface area (Å²) < 4.78 is 19.1. The van der Waals surface area contributed by atoms with Crippen molar-refractivity contribution < 1.29 is 19.0 Å². The number of hydrogen-bond donors (Lipinski definition) is 1. The van der Waals surface area contributed by atoms with Crippen LogP contribution < -0.4 is 4.90 Å². The molecule has 2 aliphatic heterocycles. The Hall–Kier alpha value is -1.66. The number of carbonyl (C=O) groups is 1. The molecule has 0 aliphatic carbocycles. The minimum absolute atomic E-state index is 0.275. The first-order chi connectivity index (χ1) is 10.1. The summed E-state index contributed by atoms with van der Waals surface area (Å²) in [6.07, 6.45) is 1.04. The van der Waals surface area contributed by atoms with E-state index in [1.54, 1.807) is 6.07 Å². The van der Waals surface area contributed by atoms with E-state index < -0.39 is 11.8 Å². The molecular formula is C15H19FN2O3. The molecule has 0 radical (unpaired) electrons. The molecule has 0 aromatic heterocycles. The second-order valence-corrected chi connectivity index (χ2v) is 5.51. The van der Waals surface area contributed by atoms with E-state index in [9.17, 15) is 9.18 Å². The molecule has 0 amide bonds. The van der Waals surface area contributed by atoms with Gasteiger partial charge in [0, 0.05) is 37.9 Å². The highest BCUT2D eigenvalue weighted by molar-refractivity contribution is 5.88. The monoisotopic (exact) mass is 294 g/mol. The van der Waals surface area contributed by atoms with Gasteiger partial charge in [0.25, 0.3) is 0 Å². The molecule has 6 heteroatoms. The van der Waals surface area contributed by atoms with Crippen LogP contribution in [0.5, 0.6) is 0 Å². The Balaban J connectivity index is 1.68. The summed E-state index contributed by atoms with van der Waals surface area (Å²) in [6.45, 7) is 5.17. The lowest BCUT2D eigenvalue weighted by atomic mass is 10.2. The lowest BCUT2D eigenvalue weighted by Gasteiger charge is -2.32. The molecule has 1 unspecified atom stereocenters. The molecule has 1 N–H and O–H groups in total. The average Bonchev–Trinajstić information content (AvgIpc) is 2.97. The van der Waals surface area contributed by atoms with Gasteiger partial charge < -0.3 is 14.7 Å². The van der Waals surface area contributed by atoms with Gasteiger partial charge in [0.05, 0.1) is 18.8 Å². The Bertz CT molecular complexity index is 532. The first kappa shape index (κ1) is 14.3. The Morgan fingerprint density at radius 3 is 2.71 bits per heavy atom. The fraction of sp³-hybridized carbons (Fsp3) is 0.533. The van der Waals surface area contributed by atoms with E-state index in [1.165, 1.54) is 12.1 Å². The maximum Gasteiger partial charge on any atom is 0.338 e. The molecule has 2 aliphatic rings. The van der Waals surface area contributed by atoms with Crippen molar-refractivity contribution in [2.45, 2.75) is 12.5 Å². The Labute approximate surface area is 122 Å². The average molecular weight is 294 g/mol. The van der Waals surface area contributed by atoms with Gasteiger partial charge in [-0.15, -0.1) is 0 Å². The van der Waals surface area contributed by atoms with E-state index in [2.05, 4.69) is 9.80 Å². The van der Waals surface area contributed by atoms with Crippen LogP contribution in [0.25, 0.3) is 0 Å². The standard InChI is InChI=1S/C15H19FN2O3/c16-14-9-11(1-2-13(14)15(19)20)18-4-3-12(10-18)17-5-7-21-8-6-17/h1-2,9,12H,3-8,10H2,(H,19,20). The topological polar surface area (TPSA) is 53.0 Å². The van der Waals surface area contributed by atoms with E-state index >= 15 is 0 Å². The lowest BCUT2D eigenvalue weighted by molar-refractivity contribution is 0.0209. The number of nitrogens with zero attached hydrogens (tertiary/aromatic N) is 2. The zero-order chi connectivity index (χ0) is 14.8. The number of benzene rings is 1. The molecule has 114 valence electrons. The summed E-state index contributed by atoms with van der Waals surface area (Å²) in [5.74, 6) is -1.90. The van der Waals surface area contributed by atoms with Gasteiger partial charge in [-0.05, 0) is 24.6 Å². The van der Waals surface area contributed by atoms with Crippen molar-refractivity contribution in [2.75, 3.05) is 44.3 Å². The van der Waals surface area contributed by atoms with Crippen molar-refractivity contribution in [1.82, 2.24) is 4.90 Å². The molecule has 0 bridgehead atoms. The lowest BCUT2D eigenvalue weighted by Crippen LogP contribution is -2.44. The van der Waals surface area contributed by atoms with Gasteiger partial charge in [-0.2, -0.15) is 0 Å². The first-order valence-corrected chi connectivity index (χ1v) is 7.25. The van der Waals surface area contributed by atoms with E-state index in [-0.39, 0.29) is 5.56 Å². The van der Waals surface area contributed by atoms with E-state index in [4.69, 9.17) is 9.84 Å². The zero-order valence-corrected chi connectivity index (χ0v) is 11.8. The number of anilines is 1. The van der Waals surface area contributed by atoms with Crippen LogP contribution in [0.3, 0.4) is 0 Å². The van der Waals surface area contributed by atoms with Gasteiger partial charge in [-0.25, -0.2) is 9.18 Å². The second-order valence-electron chi connectivity index (χ2n) is 5.51. The van der Waals surface area contributed by atoms with Crippen molar-refractivity contribution >= 4 is 11.7 Å². The Kier molecular flexibility index (Phi) is 4.07. The van der Waals surface area contributed by atoms with Crippen LogP contribution in [0.2, 0.25) is 0 Å². The molecule has 2 heterocycles. The van der Waals surface area contributed by atoms with Crippen molar-refractivity contribution in [3.05, 3.63) is 29.6 Å². The second kappa shape index (κ2) is 5.99. The van der Waals surface area contributed by atoms with Gasteiger partial charge in [-0.3, -0.25) is 4.90 Å². The van der Waals surface area contributed by atoms with Gasteiger partial charge in [0.2, 0.25) is 0 Å². The summed E-state index contributed by atoms with van der Waals surface area (Å²) in [4.78, 5) is 15.4. The van der Waals surface area contributed by atoms with Crippen molar-refractivity contribution in [1.29, 1.82) is 0 Å². The molecule has 0 saturated carbocycles. The molecular weight excluding hydrogens is 275 g/mol. The summed E-state index contributed by atoms with van der Waals surface area (Å²) in [6, 6.07) is 4.82. The molecule has 21 heavy (non-hydrogen) atoms. The summed E-state index contributed by atoms with van der Waals surface area (Å²) in [5.41, 5.74) is 0.482. The molecule has 2 saturated heterocycles. The van der Waals surface area contributed by atoms with Gasteiger partial charge in [0.1, 0.15) is 5.82 Å². The summed E-state index contributed by atoms with van der Waals surface area (Å²) in [5, 5.41) is 8.86. The highest BCUT2D eigenvalue weighted by Gasteiger charge is 2.29. The molecule has 0 spiro atoms. The van der Waals surface area contributed by atoms with Gasteiger partial charge >= 0.3 is 5.97 Å². The maximum absolute atomic E-state index is 13.8. The van der Waals surface area contributed by atoms with Crippen LogP contribution in [0.1, 0.15) is 16.8 Å². The Morgan fingerprint density at radius 1 is 1.29 bits per heavy atom. The summed E-state index contributed by atoms with van der Waals surface area (Å²) in [7, 11) is 0. The predicted molar refractivity (Wildman–Crippen MR) is 76.4 cm³/mol. The first-order valence-electron chi connectivity index (χ1n) is 7.25. The maximum atomic E-state index is 13.8. The van der Waals surface area contributed by atoms with Crippen LogP contribution in [0.4, 0.5) is 10.1 Å². The Morgan fingerprint density at radius 2 is 2.05 bits per heavy atom. The van der Waals surface area contributed by atoms with Crippen molar-refractivity contribution in [3.63, 3.8) is 0 Å². The number of halogens is 1. The number of ether oxygens (including phenoxy) is 1. The van der Waals surface area contributed by atoms with Crippen LogP contribution in [0, 0.1) is 5.82 Å². The zero-order valence-electron chi connectivity index (χ0n) is 11.8.